The molecule has 308 valence electrons. The normalized spacial score (nSPS) is 11.6. The third-order valence-electron chi connectivity index (χ3n) is 13.4. The topological polar surface area (TPSA) is 16.4 Å². The number of fused-ring (bicyclic) bond motifs is 9. The highest BCUT2D eigenvalue weighted by Gasteiger charge is 2.21. The molecule has 0 atom stereocenters. The van der Waals surface area contributed by atoms with E-state index >= 15 is 0 Å². The molecule has 0 aliphatic heterocycles. The molecule has 0 radical (unpaired) electrons. The van der Waals surface area contributed by atoms with Crippen LogP contribution >= 0.6 is 0 Å². The Bertz CT molecular complexity index is 3980. The van der Waals surface area contributed by atoms with Crippen molar-refractivity contribution in [2.75, 3.05) is 4.90 Å². The fraction of sp³-hybridized carbons (Fsp3) is 0. The molecule has 2 nitrogen and oxygen atoms in total. The van der Waals surface area contributed by atoms with E-state index < -0.39 is 0 Å². The molecule has 0 fully saturated rings. The summed E-state index contributed by atoms with van der Waals surface area (Å²) in [5.74, 6) is 0. The fourth-order valence-electron chi connectivity index (χ4n) is 10.3. The van der Waals surface area contributed by atoms with Gasteiger partial charge in [-0.1, -0.05) is 194 Å². The van der Waals surface area contributed by atoms with Crippen LogP contribution in [0.5, 0.6) is 0 Å². The second kappa shape index (κ2) is 15.5. The van der Waals surface area contributed by atoms with Crippen molar-refractivity contribution in [1.29, 1.82) is 0 Å². The van der Waals surface area contributed by atoms with Crippen molar-refractivity contribution in [3.05, 3.63) is 249 Å². The Kier molecular flexibility index (Phi) is 8.89. The highest BCUT2D eigenvalue weighted by atomic mass is 16.3. The number of para-hydroxylation sites is 1. The van der Waals surface area contributed by atoms with Gasteiger partial charge >= 0.3 is 0 Å². The van der Waals surface area contributed by atoms with Gasteiger partial charge in [0, 0.05) is 27.7 Å². The minimum absolute atomic E-state index is 0.893. The Labute approximate surface area is 382 Å². The molecule has 2 heteroatoms. The first-order chi connectivity index (χ1) is 32.7. The van der Waals surface area contributed by atoms with Gasteiger partial charge in [0.05, 0.1) is 5.69 Å². The highest BCUT2D eigenvalue weighted by Crippen LogP contribution is 2.46. The lowest BCUT2D eigenvalue weighted by Gasteiger charge is -2.29. The van der Waals surface area contributed by atoms with Crippen LogP contribution in [0, 0.1) is 0 Å². The van der Waals surface area contributed by atoms with E-state index in [1.54, 1.807) is 0 Å². The molecule has 12 aromatic carbocycles. The van der Waals surface area contributed by atoms with Gasteiger partial charge in [0.2, 0.25) is 0 Å². The number of furan rings is 1. The summed E-state index contributed by atoms with van der Waals surface area (Å²) in [4.78, 5) is 2.43. The number of benzene rings is 12. The minimum Gasteiger partial charge on any atom is -0.456 e. The molecule has 0 bridgehead atoms. The van der Waals surface area contributed by atoms with Crippen LogP contribution in [0.1, 0.15) is 0 Å². The molecular formula is C64H41NO. The number of nitrogens with zero attached hydrogens (tertiary/aromatic N) is 1. The van der Waals surface area contributed by atoms with Crippen molar-refractivity contribution in [3.8, 4) is 44.5 Å². The maximum atomic E-state index is 6.32. The van der Waals surface area contributed by atoms with Crippen LogP contribution in [-0.2, 0) is 0 Å². The van der Waals surface area contributed by atoms with Crippen LogP contribution in [0.2, 0.25) is 0 Å². The van der Waals surface area contributed by atoms with Crippen molar-refractivity contribution in [1.82, 2.24) is 0 Å². The Morgan fingerprint density at radius 1 is 0.258 bits per heavy atom. The molecule has 0 amide bonds. The van der Waals surface area contributed by atoms with Gasteiger partial charge in [0.25, 0.3) is 0 Å². The van der Waals surface area contributed by atoms with E-state index in [2.05, 4.69) is 241 Å². The second-order valence-corrected chi connectivity index (χ2v) is 17.2. The first kappa shape index (κ1) is 37.8. The largest absolute Gasteiger partial charge is 0.456 e. The predicted molar refractivity (Wildman–Crippen MR) is 280 cm³/mol. The Balaban J connectivity index is 0.998. The summed E-state index contributed by atoms with van der Waals surface area (Å²) in [6.07, 6.45) is 0. The van der Waals surface area contributed by atoms with Gasteiger partial charge in [-0.15, -0.1) is 0 Å². The molecule has 0 unspecified atom stereocenters. The van der Waals surface area contributed by atoms with Crippen LogP contribution < -0.4 is 4.90 Å². The van der Waals surface area contributed by atoms with E-state index in [1.165, 1.54) is 59.8 Å². The van der Waals surface area contributed by atoms with Crippen LogP contribution in [0.4, 0.5) is 17.1 Å². The zero-order chi connectivity index (χ0) is 43.6. The summed E-state index contributed by atoms with van der Waals surface area (Å²) < 4.78 is 6.32. The molecule has 1 aromatic heterocycles. The van der Waals surface area contributed by atoms with E-state index in [0.29, 0.717) is 0 Å². The van der Waals surface area contributed by atoms with Crippen LogP contribution in [-0.4, -0.2) is 0 Å². The number of anilines is 3. The van der Waals surface area contributed by atoms with Crippen LogP contribution in [0.25, 0.3) is 110 Å². The average molecular weight is 840 g/mol. The van der Waals surface area contributed by atoms with Crippen molar-refractivity contribution < 1.29 is 4.42 Å². The highest BCUT2D eigenvalue weighted by molar-refractivity contribution is 6.15. The second-order valence-electron chi connectivity index (χ2n) is 17.2. The van der Waals surface area contributed by atoms with E-state index in [-0.39, 0.29) is 0 Å². The van der Waals surface area contributed by atoms with E-state index in [1.807, 2.05) is 12.1 Å². The van der Waals surface area contributed by atoms with Crippen molar-refractivity contribution in [2.24, 2.45) is 0 Å². The molecule has 1 heterocycles. The first-order valence-corrected chi connectivity index (χ1v) is 22.7. The maximum absolute atomic E-state index is 6.32. The lowest BCUT2D eigenvalue weighted by atomic mass is 9.91. The third kappa shape index (κ3) is 6.34. The molecule has 0 spiro atoms. The summed E-state index contributed by atoms with van der Waals surface area (Å²) in [6, 6.07) is 90.5. The molecule has 0 saturated carbocycles. The Hall–Kier alpha value is -8.72. The van der Waals surface area contributed by atoms with Gasteiger partial charge in [-0.25, -0.2) is 0 Å². The van der Waals surface area contributed by atoms with Crippen LogP contribution in [0.15, 0.2) is 253 Å². The van der Waals surface area contributed by atoms with Gasteiger partial charge in [0.1, 0.15) is 11.2 Å². The van der Waals surface area contributed by atoms with Crippen molar-refractivity contribution in [3.63, 3.8) is 0 Å². The lowest BCUT2D eigenvalue weighted by Crippen LogP contribution is -2.11. The molecule has 0 saturated heterocycles. The predicted octanol–water partition coefficient (Wildman–Crippen LogP) is 18.3. The van der Waals surface area contributed by atoms with Crippen molar-refractivity contribution in [2.45, 2.75) is 0 Å². The van der Waals surface area contributed by atoms with Gasteiger partial charge < -0.3 is 9.32 Å². The molecule has 0 aliphatic carbocycles. The number of rotatable bonds is 7. The first-order valence-electron chi connectivity index (χ1n) is 22.7. The third-order valence-corrected chi connectivity index (χ3v) is 13.4. The molecule has 0 N–H and O–H groups in total. The smallest absolute Gasteiger partial charge is 0.136 e. The minimum atomic E-state index is 0.893. The Morgan fingerprint density at radius 2 is 0.803 bits per heavy atom. The maximum Gasteiger partial charge on any atom is 0.136 e. The van der Waals surface area contributed by atoms with Crippen molar-refractivity contribution >= 4 is 82.1 Å². The van der Waals surface area contributed by atoms with E-state index in [9.17, 15) is 0 Å². The Morgan fingerprint density at radius 3 is 1.59 bits per heavy atom. The average Bonchev–Trinajstić information content (AvgIpc) is 3.78. The molecule has 66 heavy (non-hydrogen) atoms. The molecule has 13 aromatic rings. The van der Waals surface area contributed by atoms with Gasteiger partial charge in [-0.2, -0.15) is 0 Å². The summed E-state index contributed by atoms with van der Waals surface area (Å²) in [6.45, 7) is 0. The lowest BCUT2D eigenvalue weighted by molar-refractivity contribution is 0.669. The summed E-state index contributed by atoms with van der Waals surface area (Å²) in [5, 5.41) is 12.3. The number of hydrogen-bond donors (Lipinski definition) is 0. The van der Waals surface area contributed by atoms with Gasteiger partial charge in [-0.3, -0.25) is 0 Å². The molecule has 13 rings (SSSR count). The van der Waals surface area contributed by atoms with Gasteiger partial charge in [0.15, 0.2) is 0 Å². The zero-order valence-corrected chi connectivity index (χ0v) is 36.0. The monoisotopic (exact) mass is 839 g/mol. The summed E-state index contributed by atoms with van der Waals surface area (Å²) >= 11 is 0. The number of hydrogen-bond acceptors (Lipinski definition) is 2. The summed E-state index contributed by atoms with van der Waals surface area (Å²) in [7, 11) is 0. The molecular weight excluding hydrogens is 799 g/mol. The summed E-state index contributed by atoms with van der Waals surface area (Å²) in [5.41, 5.74) is 14.3. The van der Waals surface area contributed by atoms with E-state index in [0.717, 1.165) is 66.8 Å². The van der Waals surface area contributed by atoms with Gasteiger partial charge in [-0.05, 0) is 137 Å². The fourth-order valence-corrected chi connectivity index (χ4v) is 10.3. The molecule has 0 aliphatic rings. The quantitative estimate of drug-likeness (QED) is 0.149. The zero-order valence-electron chi connectivity index (χ0n) is 36.0. The SMILES string of the molecule is c1ccc(-c2ccc(-c3cc4ccccc4c4ccccc34)cc2N(c2ccc(-c3ccc4c(ccc5ccccc54)c3)cc2)c2ccc(-c3cccc4oc5ccccc5c34)cc2)cc1. The standard InChI is InChI=1S/C64H41NO/c1-2-13-43(14-3-1)55-38-32-49(60-40-47-16-5-7-18-53(47)57-19-8-9-20-58(57)60)41-61(55)65(51-35-29-45(30-36-51)56-22-12-24-63-64(56)59-21-10-11-23-62(59)66-63)50-33-27-42(28-34-50)46-31-37-54-48(39-46)26-25-44-15-4-6-17-52(44)54/h1-41H. The van der Waals surface area contributed by atoms with Crippen LogP contribution in [0.3, 0.4) is 0 Å². The van der Waals surface area contributed by atoms with E-state index in [4.69, 9.17) is 4.42 Å².